The number of thiophene rings is 1. The van der Waals surface area contributed by atoms with Crippen molar-refractivity contribution < 1.29 is 0 Å². The quantitative estimate of drug-likeness (QED) is 0.843. The van der Waals surface area contributed by atoms with E-state index in [1.165, 1.54) is 41.1 Å². The third kappa shape index (κ3) is 2.18. The van der Waals surface area contributed by atoms with Gasteiger partial charge in [0.15, 0.2) is 0 Å². The monoisotopic (exact) mass is 281 g/mol. The molecule has 1 N–H and O–H groups in total. The number of hydrogen-bond acceptors (Lipinski definition) is 2. The van der Waals surface area contributed by atoms with Crippen molar-refractivity contribution in [2.45, 2.75) is 38.1 Å². The van der Waals surface area contributed by atoms with Crippen molar-refractivity contribution in [3.63, 3.8) is 0 Å². The highest BCUT2D eigenvalue weighted by Crippen LogP contribution is 2.37. The van der Waals surface area contributed by atoms with Crippen LogP contribution in [-0.4, -0.2) is 6.04 Å². The maximum absolute atomic E-state index is 3.67. The van der Waals surface area contributed by atoms with Crippen molar-refractivity contribution in [2.24, 2.45) is 0 Å². The van der Waals surface area contributed by atoms with Gasteiger partial charge in [-0.25, -0.2) is 0 Å². The summed E-state index contributed by atoms with van der Waals surface area (Å²) in [7, 11) is 0. The lowest BCUT2D eigenvalue weighted by molar-refractivity contribution is 0.663. The molecule has 0 bridgehead atoms. The molecule has 0 spiro atoms. The van der Waals surface area contributed by atoms with Crippen LogP contribution >= 0.6 is 11.3 Å². The van der Waals surface area contributed by atoms with Crippen molar-refractivity contribution in [2.75, 3.05) is 0 Å². The van der Waals surface area contributed by atoms with Crippen molar-refractivity contribution in [3.05, 3.63) is 57.0 Å². The zero-order valence-corrected chi connectivity index (χ0v) is 12.4. The predicted molar refractivity (Wildman–Crippen MR) is 87.8 cm³/mol. The van der Waals surface area contributed by atoms with Crippen LogP contribution < -0.4 is 5.32 Å². The lowest BCUT2D eigenvalue weighted by atomic mass is 9.92. The van der Waals surface area contributed by atoms with Crippen LogP contribution in [-0.2, 0) is 12.8 Å². The van der Waals surface area contributed by atoms with Gasteiger partial charge in [0.25, 0.3) is 0 Å². The Balaban J connectivity index is 1.57. The second-order valence-corrected chi connectivity index (χ2v) is 6.77. The van der Waals surface area contributed by atoms with Gasteiger partial charge < -0.3 is 5.32 Å². The highest BCUT2D eigenvalue weighted by atomic mass is 32.1. The minimum absolute atomic E-state index is 0.445. The zero-order chi connectivity index (χ0) is 13.4. The van der Waals surface area contributed by atoms with E-state index in [-0.39, 0.29) is 0 Å². The molecule has 3 aliphatic rings. The third-order valence-corrected chi connectivity index (χ3v) is 5.47. The third-order valence-electron chi connectivity index (χ3n) is 4.26. The number of nitrogens with one attached hydrogen (secondary N) is 1. The van der Waals surface area contributed by atoms with E-state index in [4.69, 9.17) is 0 Å². The van der Waals surface area contributed by atoms with Crippen molar-refractivity contribution in [1.82, 2.24) is 5.32 Å². The second kappa shape index (κ2) is 5.10. The summed E-state index contributed by atoms with van der Waals surface area (Å²) in [6, 6.07) is 0.445. The Morgan fingerprint density at radius 2 is 1.85 bits per heavy atom. The van der Waals surface area contributed by atoms with Gasteiger partial charge in [-0.3, -0.25) is 0 Å². The summed E-state index contributed by atoms with van der Waals surface area (Å²) >= 11 is 1.96. The van der Waals surface area contributed by atoms with Gasteiger partial charge in [0.05, 0.1) is 0 Å². The molecule has 102 valence electrons. The smallest absolute Gasteiger partial charge is 0.0488 e. The van der Waals surface area contributed by atoms with Gasteiger partial charge in [-0.2, -0.15) is 0 Å². The first-order chi connectivity index (χ1) is 9.90. The summed E-state index contributed by atoms with van der Waals surface area (Å²) in [5, 5.41) is 3.67. The van der Waals surface area contributed by atoms with Crippen LogP contribution in [0, 0.1) is 0 Å². The van der Waals surface area contributed by atoms with Crippen LogP contribution in [0.2, 0.25) is 0 Å². The predicted octanol–water partition coefficient (Wildman–Crippen LogP) is 4.47. The maximum atomic E-state index is 3.67. The number of rotatable bonds is 2. The number of hydrogen-bond donors (Lipinski definition) is 1. The molecule has 0 saturated heterocycles. The fourth-order valence-electron chi connectivity index (χ4n) is 3.25. The first-order valence-electron chi connectivity index (χ1n) is 7.53. The Labute approximate surface area is 124 Å². The summed E-state index contributed by atoms with van der Waals surface area (Å²) < 4.78 is 0. The van der Waals surface area contributed by atoms with Gasteiger partial charge in [-0.1, -0.05) is 24.3 Å². The molecule has 0 saturated carbocycles. The van der Waals surface area contributed by atoms with E-state index >= 15 is 0 Å². The first kappa shape index (κ1) is 12.2. The fraction of sp³-hybridized carbons (Fsp3) is 0.333. The molecular weight excluding hydrogens is 262 g/mol. The summed E-state index contributed by atoms with van der Waals surface area (Å²) in [5.74, 6) is 0. The van der Waals surface area contributed by atoms with Crippen molar-refractivity contribution in [3.8, 4) is 0 Å². The molecule has 0 aliphatic heterocycles. The molecule has 1 nitrogen and oxygen atoms in total. The summed E-state index contributed by atoms with van der Waals surface area (Å²) in [4.78, 5) is 2.97. The normalized spacial score (nSPS) is 23.2. The largest absolute Gasteiger partial charge is 0.379 e. The Morgan fingerprint density at radius 1 is 0.950 bits per heavy atom. The molecule has 1 aromatic rings. The van der Waals surface area contributed by atoms with E-state index in [2.05, 4.69) is 47.8 Å². The molecule has 0 aromatic carbocycles. The van der Waals surface area contributed by atoms with Crippen LogP contribution in [0.4, 0.5) is 0 Å². The molecule has 20 heavy (non-hydrogen) atoms. The molecule has 0 amide bonds. The van der Waals surface area contributed by atoms with Crippen molar-refractivity contribution >= 4 is 23.5 Å². The van der Waals surface area contributed by atoms with Gasteiger partial charge in [0, 0.05) is 21.5 Å². The van der Waals surface area contributed by atoms with Crippen LogP contribution in [0.3, 0.4) is 0 Å². The van der Waals surface area contributed by atoms with Crippen LogP contribution in [0.15, 0.2) is 36.1 Å². The number of fused-ring (bicyclic) bond motifs is 3. The molecule has 0 fully saturated rings. The average molecular weight is 281 g/mol. The Bertz CT molecular complexity index is 643. The van der Waals surface area contributed by atoms with E-state index in [0.29, 0.717) is 6.04 Å². The molecule has 4 rings (SSSR count). The summed E-state index contributed by atoms with van der Waals surface area (Å²) in [5.41, 5.74) is 4.49. The zero-order valence-electron chi connectivity index (χ0n) is 11.6. The van der Waals surface area contributed by atoms with E-state index in [1.54, 1.807) is 11.1 Å². The van der Waals surface area contributed by atoms with E-state index in [0.717, 1.165) is 6.42 Å². The Morgan fingerprint density at radius 3 is 2.75 bits per heavy atom. The highest BCUT2D eigenvalue weighted by Gasteiger charge is 2.22. The lowest BCUT2D eigenvalue weighted by Gasteiger charge is -2.22. The second-order valence-electron chi connectivity index (χ2n) is 5.68. The summed E-state index contributed by atoms with van der Waals surface area (Å²) in [6.07, 6.45) is 22.0. The molecule has 0 radical (unpaired) electrons. The van der Waals surface area contributed by atoms with Gasteiger partial charge >= 0.3 is 0 Å². The molecule has 1 heterocycles. The minimum atomic E-state index is 0.445. The lowest BCUT2D eigenvalue weighted by Crippen LogP contribution is -2.30. The van der Waals surface area contributed by atoms with Gasteiger partial charge in [0.2, 0.25) is 0 Å². The average Bonchev–Trinajstić information content (AvgIpc) is 2.86. The van der Waals surface area contributed by atoms with E-state index < -0.39 is 0 Å². The Hall–Kier alpha value is -1.54. The van der Waals surface area contributed by atoms with E-state index in [9.17, 15) is 0 Å². The topological polar surface area (TPSA) is 12.0 Å². The fourth-order valence-corrected chi connectivity index (χ4v) is 4.48. The molecule has 1 atom stereocenters. The standard InChI is InChI=1S/C18H19NS/c1-2-6-13(7-3-1)19-14-10-11-18-16(12-14)15-8-4-5-9-17(15)20-18/h2,5-7,9-11,14,19H,1,3-4,8,12H2. The van der Waals surface area contributed by atoms with Crippen molar-refractivity contribution in [1.29, 1.82) is 0 Å². The SMILES string of the molecule is C1=CC(NC2C=Cc3sc4c(c3C2)CCC=C4)=CCC1. The van der Waals surface area contributed by atoms with E-state index in [1.807, 2.05) is 11.3 Å². The molecule has 1 aromatic heterocycles. The highest BCUT2D eigenvalue weighted by molar-refractivity contribution is 7.14. The van der Waals surface area contributed by atoms with Crippen LogP contribution in [0.5, 0.6) is 0 Å². The van der Waals surface area contributed by atoms with Gasteiger partial charge in [-0.05, 0) is 61.5 Å². The molecule has 2 heteroatoms. The van der Waals surface area contributed by atoms with Crippen LogP contribution in [0.1, 0.15) is 40.1 Å². The Kier molecular flexibility index (Phi) is 3.12. The minimum Gasteiger partial charge on any atom is -0.379 e. The van der Waals surface area contributed by atoms with Crippen LogP contribution in [0.25, 0.3) is 12.2 Å². The maximum Gasteiger partial charge on any atom is 0.0488 e. The van der Waals surface area contributed by atoms with Gasteiger partial charge in [-0.15, -0.1) is 11.3 Å². The molecular formula is C18H19NS. The molecule has 1 unspecified atom stereocenters. The first-order valence-corrected chi connectivity index (χ1v) is 8.34. The number of allylic oxidation sites excluding steroid dienone is 4. The summed E-state index contributed by atoms with van der Waals surface area (Å²) in [6.45, 7) is 0. The molecule has 3 aliphatic carbocycles. The van der Waals surface area contributed by atoms with Gasteiger partial charge in [0.1, 0.15) is 0 Å².